The van der Waals surface area contributed by atoms with Crippen LogP contribution in [0, 0.1) is 0 Å². The molecule has 0 radical (unpaired) electrons. The predicted molar refractivity (Wildman–Crippen MR) is 146 cm³/mol. The van der Waals surface area contributed by atoms with Crippen LogP contribution in [0.5, 0.6) is 5.75 Å². The molecule has 0 heterocycles. The predicted octanol–water partition coefficient (Wildman–Crippen LogP) is 2.47. The summed E-state index contributed by atoms with van der Waals surface area (Å²) in [5.74, 6) is 2.95. The van der Waals surface area contributed by atoms with Crippen molar-refractivity contribution in [2.75, 3.05) is 12.9 Å². The van der Waals surface area contributed by atoms with Crippen molar-refractivity contribution in [2.24, 2.45) is 16.1 Å². The van der Waals surface area contributed by atoms with Crippen LogP contribution >= 0.6 is 0 Å². The Morgan fingerprint density at radius 2 is 1.66 bits per heavy atom. The van der Waals surface area contributed by atoms with Gasteiger partial charge in [0.15, 0.2) is 0 Å². The quantitative estimate of drug-likeness (QED) is 0.152. The van der Waals surface area contributed by atoms with Gasteiger partial charge in [-0.25, -0.2) is 31.5 Å². The van der Waals surface area contributed by atoms with E-state index in [1.54, 1.807) is 42.5 Å². The van der Waals surface area contributed by atoms with E-state index in [4.69, 9.17) is 25.6 Å². The molecule has 0 saturated carbocycles. The highest BCUT2D eigenvalue weighted by atomic mass is 32.2. The number of carbonyl (C=O) groups is 1. The fourth-order valence-corrected chi connectivity index (χ4v) is 5.01. The van der Waals surface area contributed by atoms with Crippen molar-refractivity contribution in [2.45, 2.75) is 23.5 Å². The lowest BCUT2D eigenvalue weighted by atomic mass is 10.0. The van der Waals surface area contributed by atoms with Crippen molar-refractivity contribution < 1.29 is 44.6 Å². The Balaban J connectivity index is 0.000000745. The van der Waals surface area contributed by atoms with Crippen molar-refractivity contribution in [3.63, 3.8) is 0 Å². The van der Waals surface area contributed by atoms with Crippen molar-refractivity contribution in [3.05, 3.63) is 83.9 Å². The number of primary sulfonamides is 1. The highest BCUT2D eigenvalue weighted by Crippen LogP contribution is 2.28. The summed E-state index contributed by atoms with van der Waals surface area (Å²) in [6.07, 6.45) is -2.09. The second-order valence-corrected chi connectivity index (χ2v) is 11.8. The second kappa shape index (κ2) is 14.1. The molecule has 3 aromatic carbocycles. The number of carboxylic acids is 1. The Kier molecular flexibility index (Phi) is 11.4. The Morgan fingerprint density at radius 3 is 2.20 bits per heavy atom. The van der Waals surface area contributed by atoms with Gasteiger partial charge in [-0.1, -0.05) is 54.6 Å². The highest BCUT2D eigenvalue weighted by molar-refractivity contribution is 7.89. The number of nitrogens with one attached hydrogen (secondary N) is 1. The number of sulfonamides is 2. The molecule has 16 heteroatoms. The van der Waals surface area contributed by atoms with Gasteiger partial charge in [-0.05, 0) is 41.3 Å². The number of rotatable bonds is 10. The van der Waals surface area contributed by atoms with Gasteiger partial charge in [-0.3, -0.25) is 0 Å². The lowest BCUT2D eigenvalue weighted by Crippen LogP contribution is -2.40. The maximum absolute atomic E-state index is 11.9. The fourth-order valence-electron chi connectivity index (χ4n) is 3.49. The van der Waals surface area contributed by atoms with E-state index in [0.29, 0.717) is 23.3 Å². The summed E-state index contributed by atoms with van der Waals surface area (Å²) in [4.78, 5) is 8.93. The normalized spacial score (nSPS) is 12.8. The van der Waals surface area contributed by atoms with E-state index in [-0.39, 0.29) is 11.5 Å². The van der Waals surface area contributed by atoms with Crippen LogP contribution < -0.4 is 20.4 Å². The second-order valence-electron chi connectivity index (χ2n) is 8.49. The molecule has 222 valence electrons. The summed E-state index contributed by atoms with van der Waals surface area (Å²) in [7, 11) is -7.35. The minimum atomic E-state index is -5.08. The molecule has 1 unspecified atom stereocenters. The summed E-state index contributed by atoms with van der Waals surface area (Å²) in [6.45, 7) is 0.0788. The summed E-state index contributed by atoms with van der Waals surface area (Å²) >= 11 is 0. The van der Waals surface area contributed by atoms with Crippen LogP contribution in [0.25, 0.3) is 11.1 Å². The summed E-state index contributed by atoms with van der Waals surface area (Å²) < 4.78 is 87.6. The van der Waals surface area contributed by atoms with Crippen LogP contribution in [0.1, 0.15) is 11.1 Å². The molecule has 0 aliphatic carbocycles. The zero-order valence-corrected chi connectivity index (χ0v) is 23.1. The van der Waals surface area contributed by atoms with Crippen LogP contribution in [0.2, 0.25) is 0 Å². The number of aliphatic carboxylic acids is 1. The number of nitrogens with zero attached hydrogens (tertiary/aromatic N) is 1. The van der Waals surface area contributed by atoms with E-state index < -0.39 is 38.2 Å². The topological polar surface area (TPSA) is 191 Å². The van der Waals surface area contributed by atoms with Crippen LogP contribution in [0.15, 0.2) is 82.8 Å². The molecule has 0 spiro atoms. The third-order valence-corrected chi connectivity index (χ3v) is 6.82. The Hall–Kier alpha value is -3.99. The largest absolute Gasteiger partial charge is 0.492 e. The first-order chi connectivity index (χ1) is 19.0. The van der Waals surface area contributed by atoms with E-state index >= 15 is 0 Å². The van der Waals surface area contributed by atoms with Gasteiger partial charge in [-0.15, -0.1) is 0 Å². The number of hydrogen-bond acceptors (Lipinski definition) is 8. The van der Waals surface area contributed by atoms with E-state index in [9.17, 15) is 30.0 Å². The van der Waals surface area contributed by atoms with E-state index in [1.807, 2.05) is 24.3 Å². The zero-order chi connectivity index (χ0) is 30.8. The molecule has 1 atom stereocenters. The molecule has 0 saturated heterocycles. The summed E-state index contributed by atoms with van der Waals surface area (Å²) in [5.41, 5.74) is 2.82. The number of ether oxygens (including phenoxy) is 1. The molecule has 0 amide bonds. The molecule has 0 bridgehead atoms. The molecule has 6 N–H and O–H groups in total. The number of benzene rings is 3. The minimum absolute atomic E-state index is 0.0306. The number of carboxylic acid groups (broad SMARTS) is 1. The maximum Gasteiger partial charge on any atom is 0.490 e. The van der Waals surface area contributed by atoms with Crippen LogP contribution in [-0.2, 0) is 31.3 Å². The molecular formula is C25H27F3N4O7S2. The van der Waals surface area contributed by atoms with Gasteiger partial charge in [0.2, 0.25) is 20.0 Å². The minimum Gasteiger partial charge on any atom is -0.492 e. The van der Waals surface area contributed by atoms with Crippen molar-refractivity contribution in [3.8, 4) is 16.9 Å². The Morgan fingerprint density at radius 1 is 1.05 bits per heavy atom. The highest BCUT2D eigenvalue weighted by Gasteiger charge is 2.38. The summed E-state index contributed by atoms with van der Waals surface area (Å²) in [5, 5.41) is 16.0. The third kappa shape index (κ3) is 11.6. The SMILES string of the molecule is CS(=O)(=O)NC(COc1ccc(-c2ccccc2S(N)(=O)=O)cc1)Cc1cccc(C=NN)c1.O=C(O)C(F)(F)F. The van der Waals surface area contributed by atoms with Gasteiger partial charge in [0.05, 0.1) is 23.4 Å². The molecule has 41 heavy (non-hydrogen) atoms. The van der Waals surface area contributed by atoms with Crippen LogP contribution in [0.4, 0.5) is 13.2 Å². The van der Waals surface area contributed by atoms with Crippen molar-refractivity contribution in [1.29, 1.82) is 0 Å². The average Bonchev–Trinajstić information content (AvgIpc) is 2.86. The molecule has 3 aromatic rings. The third-order valence-electron chi connectivity index (χ3n) is 5.09. The molecule has 0 aliphatic heterocycles. The first-order valence-corrected chi connectivity index (χ1v) is 14.9. The van der Waals surface area contributed by atoms with Gasteiger partial charge < -0.3 is 15.7 Å². The zero-order valence-electron chi connectivity index (χ0n) is 21.4. The van der Waals surface area contributed by atoms with E-state index in [0.717, 1.165) is 17.4 Å². The molecule has 11 nitrogen and oxygen atoms in total. The lowest BCUT2D eigenvalue weighted by Gasteiger charge is -2.19. The number of hydrogen-bond donors (Lipinski definition) is 4. The van der Waals surface area contributed by atoms with Crippen molar-refractivity contribution >= 4 is 32.2 Å². The number of alkyl halides is 3. The average molecular weight is 617 g/mol. The number of halogens is 3. The molecule has 0 aromatic heterocycles. The first kappa shape index (κ1) is 33.2. The van der Waals surface area contributed by atoms with Gasteiger partial charge in [-0.2, -0.15) is 18.3 Å². The van der Waals surface area contributed by atoms with Gasteiger partial charge in [0.1, 0.15) is 12.4 Å². The number of hydrazone groups is 1. The fraction of sp³-hybridized carbons (Fsp3) is 0.200. The van der Waals surface area contributed by atoms with Gasteiger partial charge in [0, 0.05) is 5.56 Å². The Bertz CT molecular complexity index is 1580. The van der Waals surface area contributed by atoms with E-state index in [2.05, 4.69) is 9.82 Å². The maximum atomic E-state index is 11.9. The van der Waals surface area contributed by atoms with E-state index in [1.165, 1.54) is 12.3 Å². The first-order valence-electron chi connectivity index (χ1n) is 11.4. The van der Waals surface area contributed by atoms with Crippen LogP contribution in [-0.4, -0.2) is 59.2 Å². The molecule has 0 fully saturated rings. The van der Waals surface area contributed by atoms with Gasteiger partial charge >= 0.3 is 12.1 Å². The van der Waals surface area contributed by atoms with Crippen molar-refractivity contribution in [1.82, 2.24) is 4.72 Å². The summed E-state index contributed by atoms with van der Waals surface area (Å²) in [6, 6.07) is 20.1. The monoisotopic (exact) mass is 616 g/mol. The van der Waals surface area contributed by atoms with Crippen LogP contribution in [0.3, 0.4) is 0 Å². The Labute approximate surface area is 234 Å². The van der Waals surface area contributed by atoms with Gasteiger partial charge in [0.25, 0.3) is 0 Å². The lowest BCUT2D eigenvalue weighted by molar-refractivity contribution is -0.192. The standard InChI is InChI=1S/C23H26N4O5S2.C2HF3O2/c1-33(28,29)27-20(14-17-5-4-6-18(13-17)15-26-24)16-32-21-11-9-19(10-12-21)22-7-2-3-8-23(22)34(25,30)31;3-2(4,5)1(6)7/h2-13,15,20,27H,14,16,24H2,1H3,(H2,25,30,31);(H,6,7). The smallest absolute Gasteiger partial charge is 0.490 e. The number of nitrogens with two attached hydrogens (primary N) is 2. The molecular weight excluding hydrogens is 589 g/mol. The molecule has 0 aliphatic rings. The molecule has 3 rings (SSSR count).